The van der Waals surface area contributed by atoms with E-state index in [2.05, 4.69) is 28.6 Å². The second-order valence-corrected chi connectivity index (χ2v) is 7.78. The highest BCUT2D eigenvalue weighted by Gasteiger charge is 2.31. The average molecular weight is 390 g/mol. The minimum absolute atomic E-state index is 0.0707. The Balaban J connectivity index is 1.56. The van der Waals surface area contributed by atoms with Crippen LogP contribution in [0.4, 0.5) is 0 Å². The van der Waals surface area contributed by atoms with Gasteiger partial charge >= 0.3 is 5.69 Å². The predicted octanol–water partition coefficient (Wildman–Crippen LogP) is 2.90. The lowest BCUT2D eigenvalue weighted by Gasteiger charge is -2.21. The first-order valence-electron chi connectivity index (χ1n) is 10.1. The van der Waals surface area contributed by atoms with Crippen LogP contribution in [0.25, 0.3) is 0 Å². The van der Waals surface area contributed by atoms with Crippen LogP contribution < -0.4 is 11.0 Å². The van der Waals surface area contributed by atoms with E-state index in [1.54, 1.807) is 4.57 Å². The molecule has 3 aromatic rings. The summed E-state index contributed by atoms with van der Waals surface area (Å²) in [6.45, 7) is 5.59. The van der Waals surface area contributed by atoms with Crippen molar-refractivity contribution in [2.75, 3.05) is 0 Å². The van der Waals surface area contributed by atoms with E-state index < -0.39 is 0 Å². The highest BCUT2D eigenvalue weighted by molar-refractivity contribution is 5.82. The smallest absolute Gasteiger partial charge is 0.346 e. The van der Waals surface area contributed by atoms with Crippen molar-refractivity contribution >= 4 is 5.91 Å². The van der Waals surface area contributed by atoms with Crippen LogP contribution >= 0.6 is 0 Å². The van der Waals surface area contributed by atoms with Crippen LogP contribution in [0.2, 0.25) is 0 Å². The number of nitrogens with zero attached hydrogens (tertiary/aromatic N) is 3. The Hall–Kier alpha value is -3.15. The molecule has 0 fully saturated rings. The molecule has 0 saturated heterocycles. The quantitative estimate of drug-likeness (QED) is 0.728. The molecule has 0 spiro atoms. The Morgan fingerprint density at radius 1 is 1.17 bits per heavy atom. The van der Waals surface area contributed by atoms with Crippen molar-refractivity contribution in [3.8, 4) is 0 Å². The molecule has 1 aliphatic heterocycles. The molecule has 6 heteroatoms. The van der Waals surface area contributed by atoms with E-state index in [9.17, 15) is 9.59 Å². The summed E-state index contributed by atoms with van der Waals surface area (Å²) in [4.78, 5) is 25.7. The van der Waals surface area contributed by atoms with Crippen molar-refractivity contribution < 1.29 is 4.79 Å². The van der Waals surface area contributed by atoms with Crippen LogP contribution in [0.5, 0.6) is 0 Å². The summed E-state index contributed by atoms with van der Waals surface area (Å²) in [5.74, 6) is 0.121. The molecule has 1 aromatic heterocycles. The van der Waals surface area contributed by atoms with E-state index in [0.717, 1.165) is 28.7 Å². The van der Waals surface area contributed by atoms with Crippen molar-refractivity contribution in [2.45, 2.75) is 52.2 Å². The van der Waals surface area contributed by atoms with Gasteiger partial charge in [-0.3, -0.25) is 9.36 Å². The van der Waals surface area contributed by atoms with E-state index in [-0.39, 0.29) is 17.5 Å². The molecule has 1 atom stereocenters. The standard InChI is InChI=1S/C23H26N4O2/c1-16-10-11-17(2)19(13-16)15-27-23(29)26-12-6-9-20(21(26)25-27)22(28)24-14-18-7-4-3-5-8-18/h3-5,7-8,10-11,13,20H,6,9,12,14-15H2,1-2H3,(H,24,28). The van der Waals surface area contributed by atoms with E-state index in [0.29, 0.717) is 31.9 Å². The number of aromatic nitrogens is 3. The van der Waals surface area contributed by atoms with Gasteiger partial charge in [-0.2, -0.15) is 5.10 Å². The van der Waals surface area contributed by atoms with Gasteiger partial charge in [-0.15, -0.1) is 0 Å². The topological polar surface area (TPSA) is 68.9 Å². The maximum Gasteiger partial charge on any atom is 0.346 e. The van der Waals surface area contributed by atoms with Crippen molar-refractivity contribution in [1.82, 2.24) is 19.7 Å². The third-order valence-corrected chi connectivity index (χ3v) is 5.59. The molecule has 2 aromatic carbocycles. The fraction of sp³-hybridized carbons (Fsp3) is 0.348. The van der Waals surface area contributed by atoms with Gasteiger partial charge in [0, 0.05) is 13.1 Å². The molecular formula is C23H26N4O2. The van der Waals surface area contributed by atoms with E-state index in [1.165, 1.54) is 4.68 Å². The summed E-state index contributed by atoms with van der Waals surface area (Å²) in [5.41, 5.74) is 4.27. The highest BCUT2D eigenvalue weighted by Crippen LogP contribution is 2.25. The maximum absolute atomic E-state index is 12.9. The summed E-state index contributed by atoms with van der Waals surface area (Å²) in [6, 6.07) is 16.0. The van der Waals surface area contributed by atoms with Crippen LogP contribution in [0.3, 0.4) is 0 Å². The number of fused-ring (bicyclic) bond motifs is 1. The normalized spacial score (nSPS) is 15.7. The third kappa shape index (κ3) is 4.01. The van der Waals surface area contributed by atoms with Gasteiger partial charge in [0.25, 0.3) is 0 Å². The van der Waals surface area contributed by atoms with Crippen molar-refractivity contribution in [2.24, 2.45) is 0 Å². The molecule has 1 N–H and O–H groups in total. The summed E-state index contributed by atoms with van der Waals surface area (Å²) in [7, 11) is 0. The van der Waals surface area contributed by atoms with Crippen LogP contribution in [-0.2, 0) is 24.4 Å². The first-order chi connectivity index (χ1) is 14.0. The second-order valence-electron chi connectivity index (χ2n) is 7.78. The SMILES string of the molecule is Cc1ccc(C)c(Cn2nc3n(c2=O)CCCC3C(=O)NCc2ccccc2)c1. The number of hydrogen-bond acceptors (Lipinski definition) is 3. The van der Waals surface area contributed by atoms with Crippen molar-refractivity contribution in [3.63, 3.8) is 0 Å². The zero-order valence-corrected chi connectivity index (χ0v) is 16.9. The second kappa shape index (κ2) is 8.07. The van der Waals surface area contributed by atoms with Gasteiger partial charge in [-0.05, 0) is 43.4 Å². The maximum atomic E-state index is 12.9. The lowest BCUT2D eigenvalue weighted by atomic mass is 9.98. The fourth-order valence-corrected chi connectivity index (χ4v) is 3.90. The van der Waals surface area contributed by atoms with Gasteiger partial charge in [0.1, 0.15) is 5.82 Å². The first-order valence-corrected chi connectivity index (χ1v) is 10.1. The monoisotopic (exact) mass is 390 g/mol. The van der Waals surface area contributed by atoms with Crippen molar-refractivity contribution in [1.29, 1.82) is 0 Å². The van der Waals surface area contributed by atoms with Crippen LogP contribution in [0, 0.1) is 13.8 Å². The number of hydrogen-bond donors (Lipinski definition) is 1. The van der Waals surface area contributed by atoms with Gasteiger partial charge in [0.15, 0.2) is 0 Å². The van der Waals surface area contributed by atoms with Gasteiger partial charge in [-0.25, -0.2) is 9.48 Å². The number of carbonyl (C=O) groups is 1. The Morgan fingerprint density at radius 2 is 1.97 bits per heavy atom. The lowest BCUT2D eigenvalue weighted by molar-refractivity contribution is -0.123. The summed E-state index contributed by atoms with van der Waals surface area (Å²) in [6.07, 6.45) is 1.51. The molecular weight excluding hydrogens is 364 g/mol. The number of amides is 1. The van der Waals surface area contributed by atoms with Crippen LogP contribution in [0.1, 0.15) is 46.8 Å². The molecule has 150 valence electrons. The zero-order chi connectivity index (χ0) is 20.4. The Morgan fingerprint density at radius 3 is 2.76 bits per heavy atom. The largest absolute Gasteiger partial charge is 0.351 e. The fourth-order valence-electron chi connectivity index (χ4n) is 3.90. The molecule has 0 radical (unpaired) electrons. The minimum atomic E-state index is -0.389. The molecule has 0 saturated carbocycles. The Kier molecular flexibility index (Phi) is 5.34. The number of benzene rings is 2. The minimum Gasteiger partial charge on any atom is -0.351 e. The molecule has 6 nitrogen and oxygen atoms in total. The summed E-state index contributed by atoms with van der Waals surface area (Å²) >= 11 is 0. The molecule has 29 heavy (non-hydrogen) atoms. The number of rotatable bonds is 5. The Bertz CT molecular complexity index is 1080. The molecule has 1 amide bonds. The molecule has 1 aliphatic rings. The zero-order valence-electron chi connectivity index (χ0n) is 16.9. The van der Waals surface area contributed by atoms with E-state index in [1.807, 2.05) is 44.2 Å². The van der Waals surface area contributed by atoms with Crippen LogP contribution in [0.15, 0.2) is 53.3 Å². The highest BCUT2D eigenvalue weighted by atomic mass is 16.2. The van der Waals surface area contributed by atoms with Gasteiger partial charge in [0.05, 0.1) is 12.5 Å². The first kappa shape index (κ1) is 19.2. The number of carbonyl (C=O) groups excluding carboxylic acids is 1. The van der Waals surface area contributed by atoms with E-state index >= 15 is 0 Å². The number of aryl methyl sites for hydroxylation is 2. The number of nitrogens with one attached hydrogen (secondary N) is 1. The Labute approximate surface area is 170 Å². The molecule has 0 aliphatic carbocycles. The van der Waals surface area contributed by atoms with Gasteiger partial charge in [-0.1, -0.05) is 54.1 Å². The summed E-state index contributed by atoms with van der Waals surface area (Å²) < 4.78 is 3.17. The molecule has 1 unspecified atom stereocenters. The van der Waals surface area contributed by atoms with E-state index in [4.69, 9.17) is 0 Å². The predicted molar refractivity (Wildman–Crippen MR) is 112 cm³/mol. The average Bonchev–Trinajstić information content (AvgIpc) is 3.05. The molecule has 4 rings (SSSR count). The van der Waals surface area contributed by atoms with Crippen LogP contribution in [-0.4, -0.2) is 20.3 Å². The molecule has 2 heterocycles. The molecule has 0 bridgehead atoms. The summed E-state index contributed by atoms with van der Waals surface area (Å²) in [5, 5.41) is 7.58. The van der Waals surface area contributed by atoms with Gasteiger partial charge < -0.3 is 5.32 Å². The third-order valence-electron chi connectivity index (χ3n) is 5.59. The lowest BCUT2D eigenvalue weighted by Crippen LogP contribution is -2.35. The van der Waals surface area contributed by atoms with Gasteiger partial charge in [0.2, 0.25) is 5.91 Å². The van der Waals surface area contributed by atoms with Crippen molar-refractivity contribution in [3.05, 3.63) is 87.1 Å².